The summed E-state index contributed by atoms with van der Waals surface area (Å²) in [5.41, 5.74) is 8.17. The number of rotatable bonds is 18. The van der Waals surface area contributed by atoms with Crippen LogP contribution in [0.5, 0.6) is 0 Å². The molecule has 0 aliphatic heterocycles. The first-order chi connectivity index (χ1) is 23.6. The van der Waals surface area contributed by atoms with Gasteiger partial charge in [0, 0.05) is 8.95 Å². The Morgan fingerprint density at radius 3 is 1.10 bits per heavy atom. The molecule has 0 aliphatic carbocycles. The number of hydrogen-bond donors (Lipinski definition) is 0. The largest absolute Gasteiger partial charge is 0.0654 e. The SMILES string of the molecule is CCCCCCCCc1c(CCCCCCCC)c2cc(C=Cc3ccc(Br)cc3)ccc2c2ccc(C=Cc3ccc(Br)cc3)cc12. The molecule has 0 aromatic heterocycles. The summed E-state index contributed by atoms with van der Waals surface area (Å²) >= 11 is 7.14. The van der Waals surface area contributed by atoms with E-state index in [4.69, 9.17) is 0 Å². The van der Waals surface area contributed by atoms with E-state index >= 15 is 0 Å². The molecule has 250 valence electrons. The van der Waals surface area contributed by atoms with Crippen LogP contribution in [0.4, 0.5) is 0 Å². The van der Waals surface area contributed by atoms with Gasteiger partial charge >= 0.3 is 0 Å². The van der Waals surface area contributed by atoms with Gasteiger partial charge in [0.15, 0.2) is 0 Å². The second-order valence-electron chi connectivity index (χ2n) is 13.4. The third kappa shape index (κ3) is 10.5. The minimum absolute atomic E-state index is 1.11. The first-order valence-electron chi connectivity index (χ1n) is 18.4. The molecule has 5 rings (SSSR count). The minimum atomic E-state index is 1.11. The molecule has 0 fully saturated rings. The van der Waals surface area contributed by atoms with Crippen molar-refractivity contribution >= 4 is 77.7 Å². The van der Waals surface area contributed by atoms with E-state index in [1.807, 2.05) is 0 Å². The summed E-state index contributed by atoms with van der Waals surface area (Å²) in [5, 5.41) is 5.69. The van der Waals surface area contributed by atoms with E-state index in [0.29, 0.717) is 0 Å². The van der Waals surface area contributed by atoms with Gasteiger partial charge in [0.1, 0.15) is 0 Å². The number of benzene rings is 5. The van der Waals surface area contributed by atoms with Crippen LogP contribution in [-0.4, -0.2) is 0 Å². The minimum Gasteiger partial charge on any atom is -0.0654 e. The van der Waals surface area contributed by atoms with E-state index < -0.39 is 0 Å². The fourth-order valence-corrected chi connectivity index (χ4v) is 7.42. The molecule has 0 aliphatic rings. The lowest BCUT2D eigenvalue weighted by atomic mass is 9.85. The van der Waals surface area contributed by atoms with Crippen molar-refractivity contribution in [1.82, 2.24) is 0 Å². The highest BCUT2D eigenvalue weighted by Gasteiger charge is 2.15. The predicted molar refractivity (Wildman–Crippen MR) is 222 cm³/mol. The maximum atomic E-state index is 3.57. The van der Waals surface area contributed by atoms with E-state index in [1.165, 1.54) is 121 Å². The van der Waals surface area contributed by atoms with Gasteiger partial charge in [-0.3, -0.25) is 0 Å². The Morgan fingerprint density at radius 1 is 0.375 bits per heavy atom. The van der Waals surface area contributed by atoms with Gasteiger partial charge in [-0.2, -0.15) is 0 Å². The van der Waals surface area contributed by atoms with Crippen molar-refractivity contribution in [3.05, 3.63) is 127 Å². The van der Waals surface area contributed by atoms with Crippen molar-refractivity contribution in [1.29, 1.82) is 0 Å². The maximum Gasteiger partial charge on any atom is 0.0175 e. The van der Waals surface area contributed by atoms with Crippen LogP contribution >= 0.6 is 31.9 Å². The van der Waals surface area contributed by atoms with Gasteiger partial charge in [-0.25, -0.2) is 0 Å². The molecule has 48 heavy (non-hydrogen) atoms. The van der Waals surface area contributed by atoms with E-state index in [1.54, 1.807) is 11.1 Å². The fraction of sp³-hybridized carbons (Fsp3) is 0.348. The zero-order valence-electron chi connectivity index (χ0n) is 29.0. The van der Waals surface area contributed by atoms with Gasteiger partial charge < -0.3 is 0 Å². The third-order valence-corrected chi connectivity index (χ3v) is 10.7. The van der Waals surface area contributed by atoms with Gasteiger partial charge in [-0.05, 0) is 117 Å². The highest BCUT2D eigenvalue weighted by Crippen LogP contribution is 2.37. The fourth-order valence-electron chi connectivity index (χ4n) is 6.89. The normalized spacial score (nSPS) is 11.9. The first-order valence-corrected chi connectivity index (χ1v) is 20.0. The Hall–Kier alpha value is -2.94. The summed E-state index contributed by atoms with van der Waals surface area (Å²) in [7, 11) is 0. The third-order valence-electron chi connectivity index (χ3n) is 9.63. The highest BCUT2D eigenvalue weighted by molar-refractivity contribution is 9.10. The van der Waals surface area contributed by atoms with E-state index in [2.05, 4.69) is 155 Å². The van der Waals surface area contributed by atoms with Crippen molar-refractivity contribution in [3.63, 3.8) is 0 Å². The molecule has 5 aromatic rings. The Kier molecular flexibility index (Phi) is 14.6. The zero-order valence-corrected chi connectivity index (χ0v) is 32.2. The number of aryl methyl sites for hydroxylation is 2. The molecule has 0 atom stereocenters. The summed E-state index contributed by atoms with van der Waals surface area (Å²) in [6.07, 6.45) is 27.2. The Balaban J connectivity index is 1.56. The lowest BCUT2D eigenvalue weighted by molar-refractivity contribution is 0.600. The van der Waals surface area contributed by atoms with Crippen LogP contribution in [-0.2, 0) is 12.8 Å². The van der Waals surface area contributed by atoms with Crippen LogP contribution in [0.1, 0.15) is 124 Å². The van der Waals surface area contributed by atoms with Crippen molar-refractivity contribution in [2.24, 2.45) is 0 Å². The average Bonchev–Trinajstić information content (AvgIpc) is 3.11. The molecular weight excluding hydrogens is 712 g/mol. The molecule has 0 N–H and O–H groups in total. The molecule has 0 bridgehead atoms. The smallest absolute Gasteiger partial charge is 0.0175 e. The Bertz CT molecular complexity index is 1660. The van der Waals surface area contributed by atoms with Gasteiger partial charge in [0.25, 0.3) is 0 Å². The molecule has 0 amide bonds. The molecule has 5 aromatic carbocycles. The van der Waals surface area contributed by atoms with Crippen LogP contribution < -0.4 is 0 Å². The average molecular weight is 765 g/mol. The number of hydrogen-bond acceptors (Lipinski definition) is 0. The number of halogens is 2. The molecule has 2 heteroatoms. The van der Waals surface area contributed by atoms with Gasteiger partial charge in [-0.15, -0.1) is 0 Å². The molecule has 0 heterocycles. The molecule has 0 spiro atoms. The zero-order chi connectivity index (χ0) is 33.6. The van der Waals surface area contributed by atoms with E-state index in [-0.39, 0.29) is 0 Å². The molecule has 0 nitrogen and oxygen atoms in total. The second-order valence-corrected chi connectivity index (χ2v) is 15.2. The number of fused-ring (bicyclic) bond motifs is 3. The molecule has 0 unspecified atom stereocenters. The highest BCUT2D eigenvalue weighted by atomic mass is 79.9. The monoisotopic (exact) mass is 762 g/mol. The van der Waals surface area contributed by atoms with Crippen molar-refractivity contribution in [2.45, 2.75) is 104 Å². The van der Waals surface area contributed by atoms with E-state index in [0.717, 1.165) is 21.8 Å². The standard InChI is InChI=1S/C46H52Br2/c1-3-5-7-9-11-13-15-41-42(16-14-12-10-8-6-4-2)46-34-38(20-18-36-23-29-40(48)30-24-36)26-32-44(46)43-31-25-37(33-45(41)43)19-17-35-21-27-39(47)28-22-35/h17-34H,3-16H2,1-2H3. The Morgan fingerprint density at radius 2 is 0.708 bits per heavy atom. The van der Waals surface area contributed by atoms with Crippen LogP contribution in [0.2, 0.25) is 0 Å². The van der Waals surface area contributed by atoms with Crippen LogP contribution in [0.3, 0.4) is 0 Å². The summed E-state index contributed by atoms with van der Waals surface area (Å²) in [4.78, 5) is 0. The van der Waals surface area contributed by atoms with E-state index in [9.17, 15) is 0 Å². The van der Waals surface area contributed by atoms with Crippen LogP contribution in [0, 0.1) is 0 Å². The molecule has 0 saturated heterocycles. The van der Waals surface area contributed by atoms with Gasteiger partial charge in [-0.1, -0.05) is 183 Å². The van der Waals surface area contributed by atoms with Crippen molar-refractivity contribution < 1.29 is 0 Å². The van der Waals surface area contributed by atoms with Crippen molar-refractivity contribution in [2.75, 3.05) is 0 Å². The van der Waals surface area contributed by atoms with Gasteiger partial charge in [0.2, 0.25) is 0 Å². The lowest BCUT2D eigenvalue weighted by Crippen LogP contribution is -2.01. The summed E-state index contributed by atoms with van der Waals surface area (Å²) in [6, 6.07) is 31.5. The summed E-state index contributed by atoms with van der Waals surface area (Å²) in [6.45, 7) is 4.61. The summed E-state index contributed by atoms with van der Waals surface area (Å²) in [5.74, 6) is 0. The first kappa shape index (κ1) is 36.3. The topological polar surface area (TPSA) is 0 Å². The predicted octanol–water partition coefficient (Wildman–Crippen LogP) is 15.7. The molecular formula is C46H52Br2. The molecule has 0 saturated carbocycles. The van der Waals surface area contributed by atoms with Gasteiger partial charge in [0.05, 0.1) is 0 Å². The Labute approximate surface area is 307 Å². The lowest BCUT2D eigenvalue weighted by Gasteiger charge is -2.19. The van der Waals surface area contributed by atoms with Crippen LogP contribution in [0.15, 0.2) is 93.9 Å². The second kappa shape index (κ2) is 19.3. The van der Waals surface area contributed by atoms with Crippen LogP contribution in [0.25, 0.3) is 45.8 Å². The van der Waals surface area contributed by atoms with Crippen molar-refractivity contribution in [3.8, 4) is 0 Å². The number of unbranched alkanes of at least 4 members (excludes halogenated alkanes) is 10. The summed E-state index contributed by atoms with van der Waals surface area (Å²) < 4.78 is 2.22. The maximum absolute atomic E-state index is 3.57. The molecule has 0 radical (unpaired) electrons. The quantitative estimate of drug-likeness (QED) is 0.0474.